The number of quaternary nitrogens is 1. The monoisotopic (exact) mass is 354 g/mol. The Morgan fingerprint density at radius 3 is 2.19 bits per heavy atom. The molecule has 0 radical (unpaired) electrons. The third-order valence-electron chi connectivity index (χ3n) is 5.23. The predicted molar refractivity (Wildman–Crippen MR) is 106 cm³/mol. The van der Waals surface area contributed by atoms with Gasteiger partial charge in [-0.05, 0) is 29.2 Å². The number of likely N-dealkylation sites (tertiary alicyclic amines) is 1. The minimum Gasteiger partial charge on any atom is -0.493 e. The molecule has 3 heteroatoms. The molecule has 2 aromatic rings. The van der Waals surface area contributed by atoms with E-state index < -0.39 is 6.10 Å². The maximum absolute atomic E-state index is 11.1. The molecule has 1 saturated heterocycles. The molecule has 0 saturated carbocycles. The van der Waals surface area contributed by atoms with E-state index in [1.165, 1.54) is 31.5 Å². The summed E-state index contributed by atoms with van der Waals surface area (Å²) >= 11 is 0. The first-order chi connectivity index (χ1) is 12.6. The highest BCUT2D eigenvalue weighted by Crippen LogP contribution is 2.31. The Morgan fingerprint density at radius 1 is 0.923 bits per heavy atom. The van der Waals surface area contributed by atoms with E-state index in [0.29, 0.717) is 12.5 Å². The smallest absolute Gasteiger partial charge is 0.119 e. The molecule has 0 spiro atoms. The normalized spacial score (nSPS) is 17.4. The van der Waals surface area contributed by atoms with Crippen LogP contribution in [-0.2, 0) is 0 Å². The fraction of sp³-hybridized carbons (Fsp3) is 0.478. The minimum atomic E-state index is -0.496. The summed E-state index contributed by atoms with van der Waals surface area (Å²) in [6.45, 7) is 8.42. The van der Waals surface area contributed by atoms with Gasteiger partial charge in [-0.2, -0.15) is 0 Å². The summed E-state index contributed by atoms with van der Waals surface area (Å²) < 4.78 is 5.77. The van der Waals surface area contributed by atoms with Crippen LogP contribution in [0, 0.1) is 5.92 Å². The molecule has 1 heterocycles. The summed E-state index contributed by atoms with van der Waals surface area (Å²) in [6.07, 6.45) is 2.11. The quantitative estimate of drug-likeness (QED) is 0.763. The second-order valence-corrected chi connectivity index (χ2v) is 7.90. The summed E-state index contributed by atoms with van der Waals surface area (Å²) in [5.74, 6) is 1.49. The molecule has 0 unspecified atom stereocenters. The average molecular weight is 355 g/mol. The topological polar surface area (TPSA) is 33.9 Å². The molecule has 1 aliphatic rings. The summed E-state index contributed by atoms with van der Waals surface area (Å²) in [5.41, 5.74) is 2.19. The zero-order valence-corrected chi connectivity index (χ0v) is 16.0. The zero-order chi connectivity index (χ0) is 18.4. The molecule has 2 atom stereocenters. The summed E-state index contributed by atoms with van der Waals surface area (Å²) in [4.78, 5) is 1.61. The van der Waals surface area contributed by atoms with E-state index in [0.717, 1.165) is 17.9 Å². The van der Waals surface area contributed by atoms with Crippen LogP contribution in [0.5, 0.6) is 5.75 Å². The van der Waals surface area contributed by atoms with Gasteiger partial charge in [-0.1, -0.05) is 56.3 Å². The lowest BCUT2D eigenvalue weighted by molar-refractivity contribution is -0.889. The van der Waals surface area contributed by atoms with Crippen molar-refractivity contribution in [1.29, 1.82) is 0 Å². The number of benzene rings is 2. The van der Waals surface area contributed by atoms with Gasteiger partial charge in [0.1, 0.15) is 5.75 Å². The van der Waals surface area contributed by atoms with Crippen molar-refractivity contribution in [1.82, 2.24) is 0 Å². The maximum atomic E-state index is 11.1. The summed E-state index contributed by atoms with van der Waals surface area (Å²) in [6, 6.07) is 18.4. The molecule has 0 amide bonds. The van der Waals surface area contributed by atoms with Gasteiger partial charge in [-0.3, -0.25) is 0 Å². The van der Waals surface area contributed by atoms with Crippen molar-refractivity contribution in [3.8, 4) is 5.75 Å². The fourth-order valence-corrected chi connectivity index (χ4v) is 3.76. The van der Waals surface area contributed by atoms with Crippen molar-refractivity contribution < 1.29 is 14.7 Å². The van der Waals surface area contributed by atoms with Gasteiger partial charge < -0.3 is 14.7 Å². The van der Waals surface area contributed by atoms with Gasteiger partial charge in [-0.15, -0.1) is 0 Å². The number of nitrogens with one attached hydrogen (secondary N) is 1. The van der Waals surface area contributed by atoms with Crippen LogP contribution >= 0.6 is 0 Å². The van der Waals surface area contributed by atoms with Gasteiger partial charge in [-0.25, -0.2) is 0 Å². The Morgan fingerprint density at radius 2 is 1.58 bits per heavy atom. The largest absolute Gasteiger partial charge is 0.493 e. The van der Waals surface area contributed by atoms with Crippen molar-refractivity contribution in [3.63, 3.8) is 0 Å². The lowest BCUT2D eigenvalue weighted by Crippen LogP contribution is -3.10. The molecular formula is C23H32NO2+. The lowest BCUT2D eigenvalue weighted by atomic mass is 9.88. The molecule has 26 heavy (non-hydrogen) atoms. The molecule has 1 aliphatic heterocycles. The number of aliphatic hydroxyl groups excluding tert-OH is 1. The predicted octanol–water partition coefficient (Wildman–Crippen LogP) is 3.22. The van der Waals surface area contributed by atoms with Crippen molar-refractivity contribution in [2.24, 2.45) is 5.92 Å². The average Bonchev–Trinajstić information content (AvgIpc) is 3.18. The van der Waals surface area contributed by atoms with Crippen LogP contribution < -0.4 is 9.64 Å². The molecular weight excluding hydrogens is 322 g/mol. The number of aliphatic hydroxyl groups is 1. The van der Waals surface area contributed by atoms with Gasteiger partial charge in [0.15, 0.2) is 0 Å². The SMILES string of the molecule is CC(C)COc1ccc([C@H](O)[C@@H](C[NH+]2CCCC2)c2ccccc2)cc1. The van der Waals surface area contributed by atoms with Crippen molar-refractivity contribution >= 4 is 0 Å². The van der Waals surface area contributed by atoms with Crippen LogP contribution in [0.1, 0.15) is 49.8 Å². The van der Waals surface area contributed by atoms with E-state index in [2.05, 4.69) is 38.1 Å². The molecule has 3 rings (SSSR count). The molecule has 140 valence electrons. The van der Waals surface area contributed by atoms with Crippen LogP contribution in [0.15, 0.2) is 54.6 Å². The Balaban J connectivity index is 1.74. The standard InChI is InChI=1S/C23H31NO2/c1-18(2)17-26-21-12-10-20(11-13-21)23(25)22(16-24-14-6-7-15-24)19-8-4-3-5-9-19/h3-5,8-13,18,22-23,25H,6-7,14-17H2,1-2H3/p+1/t22-,23-/m0/s1. The molecule has 0 aromatic heterocycles. The number of rotatable bonds is 8. The van der Waals surface area contributed by atoms with Gasteiger partial charge in [0.2, 0.25) is 0 Å². The molecule has 2 N–H and O–H groups in total. The molecule has 0 aliphatic carbocycles. The van der Waals surface area contributed by atoms with Crippen molar-refractivity contribution in [2.45, 2.75) is 38.7 Å². The number of hydrogen-bond acceptors (Lipinski definition) is 2. The highest BCUT2D eigenvalue weighted by Gasteiger charge is 2.29. The lowest BCUT2D eigenvalue weighted by Gasteiger charge is -2.26. The Labute approximate surface area is 157 Å². The summed E-state index contributed by atoms with van der Waals surface area (Å²) in [7, 11) is 0. The minimum absolute atomic E-state index is 0.117. The van der Waals surface area contributed by atoms with Gasteiger partial charge >= 0.3 is 0 Å². The first-order valence-electron chi connectivity index (χ1n) is 9.93. The van der Waals surface area contributed by atoms with Gasteiger partial charge in [0.25, 0.3) is 0 Å². The van der Waals surface area contributed by atoms with Crippen LogP contribution in [-0.4, -0.2) is 31.3 Å². The second-order valence-electron chi connectivity index (χ2n) is 7.90. The maximum Gasteiger partial charge on any atom is 0.119 e. The third kappa shape index (κ3) is 5.09. The van der Waals surface area contributed by atoms with E-state index in [1.54, 1.807) is 4.90 Å². The summed E-state index contributed by atoms with van der Waals surface area (Å²) in [5, 5.41) is 11.1. The zero-order valence-electron chi connectivity index (χ0n) is 16.0. The molecule has 1 fully saturated rings. The molecule has 0 bridgehead atoms. The highest BCUT2D eigenvalue weighted by molar-refractivity contribution is 5.31. The fourth-order valence-electron chi connectivity index (χ4n) is 3.76. The van der Waals surface area contributed by atoms with E-state index in [-0.39, 0.29) is 5.92 Å². The van der Waals surface area contributed by atoms with Crippen LogP contribution in [0.2, 0.25) is 0 Å². The van der Waals surface area contributed by atoms with Crippen LogP contribution in [0.4, 0.5) is 0 Å². The van der Waals surface area contributed by atoms with E-state index in [1.807, 2.05) is 30.3 Å². The molecule has 3 nitrogen and oxygen atoms in total. The first kappa shape index (κ1) is 18.9. The molecule has 2 aromatic carbocycles. The van der Waals surface area contributed by atoms with Crippen LogP contribution in [0.25, 0.3) is 0 Å². The highest BCUT2D eigenvalue weighted by atomic mass is 16.5. The van der Waals surface area contributed by atoms with E-state index >= 15 is 0 Å². The first-order valence-corrected chi connectivity index (χ1v) is 9.93. The number of ether oxygens (including phenoxy) is 1. The second kappa shape index (κ2) is 9.20. The van der Waals surface area contributed by atoms with Gasteiger partial charge in [0.05, 0.1) is 38.3 Å². The van der Waals surface area contributed by atoms with E-state index in [9.17, 15) is 5.11 Å². The van der Waals surface area contributed by atoms with Crippen molar-refractivity contribution in [2.75, 3.05) is 26.2 Å². The Kier molecular flexibility index (Phi) is 6.70. The third-order valence-corrected chi connectivity index (χ3v) is 5.23. The number of hydrogen-bond donors (Lipinski definition) is 2. The van der Waals surface area contributed by atoms with Gasteiger partial charge in [0, 0.05) is 12.8 Å². The van der Waals surface area contributed by atoms with Crippen LogP contribution in [0.3, 0.4) is 0 Å². The van der Waals surface area contributed by atoms with Crippen molar-refractivity contribution in [3.05, 3.63) is 65.7 Å². The van der Waals surface area contributed by atoms with E-state index in [4.69, 9.17) is 4.74 Å². The Hall–Kier alpha value is -1.84. The Bertz CT molecular complexity index is 648.